The number of aromatic nitrogens is 2. The van der Waals surface area contributed by atoms with E-state index in [9.17, 15) is 0 Å². The van der Waals surface area contributed by atoms with E-state index in [0.29, 0.717) is 5.82 Å². The van der Waals surface area contributed by atoms with Crippen molar-refractivity contribution >= 4 is 5.82 Å². The van der Waals surface area contributed by atoms with Gasteiger partial charge in [-0.05, 0) is 24.3 Å². The van der Waals surface area contributed by atoms with E-state index in [-0.39, 0.29) is 0 Å². The van der Waals surface area contributed by atoms with Crippen molar-refractivity contribution in [3.05, 3.63) is 42.2 Å². The summed E-state index contributed by atoms with van der Waals surface area (Å²) >= 11 is 0. The molecule has 2 N–H and O–H groups in total. The van der Waals surface area contributed by atoms with Crippen molar-refractivity contribution in [3.63, 3.8) is 0 Å². The second-order valence-corrected chi connectivity index (χ2v) is 4.19. The molecule has 1 heterocycles. The largest absolute Gasteiger partial charge is 0.382 e. The van der Waals surface area contributed by atoms with Crippen LogP contribution in [-0.4, -0.2) is 9.97 Å². The lowest BCUT2D eigenvalue weighted by Crippen LogP contribution is -1.95. The zero-order chi connectivity index (χ0) is 11.0. The van der Waals surface area contributed by atoms with Gasteiger partial charge in [0.1, 0.15) is 11.5 Å². The van der Waals surface area contributed by atoms with E-state index >= 15 is 0 Å². The van der Waals surface area contributed by atoms with E-state index in [0.717, 1.165) is 17.2 Å². The molecular weight excluding hydrogens is 198 g/mol. The molecule has 1 aliphatic rings. The van der Waals surface area contributed by atoms with Crippen molar-refractivity contribution in [3.8, 4) is 11.3 Å². The quantitative estimate of drug-likeness (QED) is 0.830. The van der Waals surface area contributed by atoms with Gasteiger partial charge in [0, 0.05) is 18.0 Å². The molecule has 1 aromatic heterocycles. The number of hydrogen-bond donors (Lipinski definition) is 1. The van der Waals surface area contributed by atoms with Crippen LogP contribution in [0, 0.1) is 0 Å². The molecule has 2 aromatic rings. The third kappa shape index (κ3) is 1.65. The van der Waals surface area contributed by atoms with E-state index in [1.54, 1.807) is 12.4 Å². The first-order valence-corrected chi connectivity index (χ1v) is 5.51. The fraction of sp³-hybridized carbons (Fsp3) is 0.231. The van der Waals surface area contributed by atoms with Gasteiger partial charge in [0.25, 0.3) is 0 Å². The predicted molar refractivity (Wildman–Crippen MR) is 63.9 cm³/mol. The molecule has 0 saturated heterocycles. The van der Waals surface area contributed by atoms with E-state index in [4.69, 9.17) is 5.73 Å². The summed E-state index contributed by atoms with van der Waals surface area (Å²) in [6.45, 7) is 0. The molecule has 0 atom stereocenters. The number of rotatable bonds is 2. The van der Waals surface area contributed by atoms with Crippen LogP contribution in [0.3, 0.4) is 0 Å². The molecule has 0 unspecified atom stereocenters. The molecule has 16 heavy (non-hydrogen) atoms. The first kappa shape index (κ1) is 9.33. The molecule has 3 rings (SSSR count). The van der Waals surface area contributed by atoms with Crippen LogP contribution in [-0.2, 0) is 0 Å². The second kappa shape index (κ2) is 3.59. The molecule has 0 aliphatic heterocycles. The normalized spacial score (nSPS) is 15.0. The summed E-state index contributed by atoms with van der Waals surface area (Å²) in [5, 5.41) is 0. The monoisotopic (exact) mass is 211 g/mol. The van der Waals surface area contributed by atoms with Gasteiger partial charge in [-0.15, -0.1) is 0 Å². The first-order valence-electron chi connectivity index (χ1n) is 5.51. The van der Waals surface area contributed by atoms with Gasteiger partial charge < -0.3 is 5.73 Å². The summed E-state index contributed by atoms with van der Waals surface area (Å²) in [5.74, 6) is 1.27. The minimum atomic E-state index is 0.488. The number of hydrogen-bond acceptors (Lipinski definition) is 3. The van der Waals surface area contributed by atoms with E-state index in [1.165, 1.54) is 18.4 Å². The Labute approximate surface area is 94.4 Å². The molecule has 1 aromatic carbocycles. The fourth-order valence-corrected chi connectivity index (χ4v) is 1.90. The van der Waals surface area contributed by atoms with Gasteiger partial charge in [-0.2, -0.15) is 0 Å². The molecule has 1 saturated carbocycles. The Hall–Kier alpha value is -1.90. The Morgan fingerprint density at radius 2 is 1.69 bits per heavy atom. The SMILES string of the molecule is Nc1nccnc1-c1ccc(C2CC2)cc1. The molecule has 0 bridgehead atoms. The van der Waals surface area contributed by atoms with Gasteiger partial charge in [-0.3, -0.25) is 4.98 Å². The number of benzene rings is 1. The highest BCUT2D eigenvalue weighted by atomic mass is 14.9. The fourth-order valence-electron chi connectivity index (χ4n) is 1.90. The zero-order valence-corrected chi connectivity index (χ0v) is 8.93. The summed E-state index contributed by atoms with van der Waals surface area (Å²) in [6.07, 6.45) is 5.93. The molecule has 1 fully saturated rings. The third-order valence-electron chi connectivity index (χ3n) is 2.96. The van der Waals surface area contributed by atoms with Crippen LogP contribution in [0.15, 0.2) is 36.7 Å². The van der Waals surface area contributed by atoms with Crippen LogP contribution < -0.4 is 5.73 Å². The number of anilines is 1. The van der Waals surface area contributed by atoms with Crippen molar-refractivity contribution < 1.29 is 0 Å². The molecule has 3 nitrogen and oxygen atoms in total. The van der Waals surface area contributed by atoms with Crippen LogP contribution in [0.4, 0.5) is 5.82 Å². The van der Waals surface area contributed by atoms with Crippen molar-refractivity contribution in [2.45, 2.75) is 18.8 Å². The maximum absolute atomic E-state index is 5.79. The van der Waals surface area contributed by atoms with Crippen molar-refractivity contribution in [2.24, 2.45) is 0 Å². The van der Waals surface area contributed by atoms with Gasteiger partial charge in [0.05, 0.1) is 0 Å². The average Bonchev–Trinajstić information content (AvgIpc) is 3.14. The highest BCUT2D eigenvalue weighted by Gasteiger charge is 2.23. The summed E-state index contributed by atoms with van der Waals surface area (Å²) in [4.78, 5) is 8.29. The number of nitrogens with two attached hydrogens (primary N) is 1. The maximum Gasteiger partial charge on any atom is 0.149 e. The molecular formula is C13H13N3. The lowest BCUT2D eigenvalue weighted by Gasteiger charge is -2.04. The van der Waals surface area contributed by atoms with E-state index in [1.807, 2.05) is 0 Å². The van der Waals surface area contributed by atoms with Gasteiger partial charge in [-0.25, -0.2) is 4.98 Å². The molecule has 0 radical (unpaired) electrons. The van der Waals surface area contributed by atoms with Crippen LogP contribution in [0.5, 0.6) is 0 Å². The summed E-state index contributed by atoms with van der Waals surface area (Å²) < 4.78 is 0. The van der Waals surface area contributed by atoms with Crippen LogP contribution in [0.25, 0.3) is 11.3 Å². The van der Waals surface area contributed by atoms with Gasteiger partial charge in [-0.1, -0.05) is 24.3 Å². The summed E-state index contributed by atoms with van der Waals surface area (Å²) in [7, 11) is 0. The Kier molecular flexibility index (Phi) is 2.10. The smallest absolute Gasteiger partial charge is 0.149 e. The van der Waals surface area contributed by atoms with Gasteiger partial charge >= 0.3 is 0 Å². The Balaban J connectivity index is 1.97. The topological polar surface area (TPSA) is 51.8 Å². The molecule has 0 spiro atoms. The highest BCUT2D eigenvalue weighted by Crippen LogP contribution is 2.40. The molecule has 80 valence electrons. The Morgan fingerprint density at radius 3 is 2.31 bits per heavy atom. The summed E-state index contributed by atoms with van der Waals surface area (Å²) in [6, 6.07) is 8.49. The van der Waals surface area contributed by atoms with Crippen LogP contribution >= 0.6 is 0 Å². The van der Waals surface area contributed by atoms with Crippen LogP contribution in [0.2, 0.25) is 0 Å². The third-order valence-corrected chi connectivity index (χ3v) is 2.96. The maximum atomic E-state index is 5.79. The van der Waals surface area contributed by atoms with Gasteiger partial charge in [0.15, 0.2) is 0 Å². The van der Waals surface area contributed by atoms with E-state index < -0.39 is 0 Å². The van der Waals surface area contributed by atoms with Crippen molar-refractivity contribution in [2.75, 3.05) is 5.73 Å². The van der Waals surface area contributed by atoms with Gasteiger partial charge in [0.2, 0.25) is 0 Å². The number of nitrogens with zero attached hydrogens (tertiary/aromatic N) is 2. The first-order chi connectivity index (χ1) is 7.84. The lowest BCUT2D eigenvalue weighted by atomic mass is 10.1. The zero-order valence-electron chi connectivity index (χ0n) is 8.93. The lowest BCUT2D eigenvalue weighted by molar-refractivity contribution is 1.13. The van der Waals surface area contributed by atoms with Crippen molar-refractivity contribution in [1.29, 1.82) is 0 Å². The standard InChI is InChI=1S/C13H13N3/c14-13-12(15-7-8-16-13)11-5-3-10(4-6-11)9-1-2-9/h3-9H,1-2H2,(H2,14,16). The minimum Gasteiger partial charge on any atom is -0.382 e. The second-order valence-electron chi connectivity index (χ2n) is 4.19. The predicted octanol–water partition coefficient (Wildman–Crippen LogP) is 2.60. The molecule has 1 aliphatic carbocycles. The van der Waals surface area contributed by atoms with Crippen molar-refractivity contribution in [1.82, 2.24) is 9.97 Å². The number of nitrogen functional groups attached to an aromatic ring is 1. The van der Waals surface area contributed by atoms with E-state index in [2.05, 4.69) is 34.2 Å². The highest BCUT2D eigenvalue weighted by molar-refractivity contribution is 5.69. The minimum absolute atomic E-state index is 0.488. The molecule has 0 amide bonds. The average molecular weight is 211 g/mol. The Bertz CT molecular complexity index is 501. The van der Waals surface area contributed by atoms with Crippen LogP contribution in [0.1, 0.15) is 24.3 Å². The molecule has 3 heteroatoms. The summed E-state index contributed by atoms with van der Waals surface area (Å²) in [5.41, 5.74) is 9.02. The Morgan fingerprint density at radius 1 is 1.00 bits per heavy atom.